The van der Waals surface area contributed by atoms with Crippen LogP contribution in [-0.4, -0.2) is 36.7 Å². The van der Waals surface area contributed by atoms with Crippen molar-refractivity contribution >= 4 is 5.69 Å². The van der Waals surface area contributed by atoms with Crippen LogP contribution in [0.15, 0.2) is 18.2 Å². The molecule has 3 heteroatoms. The fraction of sp³-hybridized carbons (Fsp3) is 0.625. The zero-order valence-electron chi connectivity index (χ0n) is 11.6. The van der Waals surface area contributed by atoms with Crippen LogP contribution in [0.3, 0.4) is 0 Å². The van der Waals surface area contributed by atoms with Gasteiger partial charge in [-0.25, -0.2) is 0 Å². The summed E-state index contributed by atoms with van der Waals surface area (Å²) in [4.78, 5) is 2.59. The molecule has 0 spiro atoms. The lowest BCUT2D eigenvalue weighted by Gasteiger charge is -2.37. The van der Waals surface area contributed by atoms with Gasteiger partial charge in [0.25, 0.3) is 0 Å². The standard InChI is InChI=1S/C16H22N2O/c1-18-14-3-4-15(18)10-13(9-14)17-12-2-5-16-11(8-12)6-7-19-16/h2,5,8,13-15,17H,3-4,6-7,9-10H2,1H3. The largest absolute Gasteiger partial charge is 0.493 e. The first kappa shape index (κ1) is 11.6. The molecular formula is C16H22N2O. The summed E-state index contributed by atoms with van der Waals surface area (Å²) in [5.41, 5.74) is 2.64. The zero-order chi connectivity index (χ0) is 12.8. The van der Waals surface area contributed by atoms with Gasteiger partial charge in [-0.1, -0.05) is 0 Å². The van der Waals surface area contributed by atoms with Crippen molar-refractivity contribution in [3.05, 3.63) is 23.8 Å². The minimum atomic E-state index is 0.647. The molecule has 0 aliphatic carbocycles. The molecular weight excluding hydrogens is 236 g/mol. The smallest absolute Gasteiger partial charge is 0.122 e. The predicted molar refractivity (Wildman–Crippen MR) is 76.9 cm³/mol. The first-order valence-corrected chi connectivity index (χ1v) is 7.54. The Morgan fingerprint density at radius 3 is 2.79 bits per heavy atom. The van der Waals surface area contributed by atoms with E-state index in [1.807, 2.05) is 0 Å². The highest BCUT2D eigenvalue weighted by Crippen LogP contribution is 2.36. The number of nitrogens with one attached hydrogen (secondary N) is 1. The van der Waals surface area contributed by atoms with E-state index in [4.69, 9.17) is 4.74 Å². The van der Waals surface area contributed by atoms with Crippen molar-refractivity contribution in [1.82, 2.24) is 4.90 Å². The molecule has 0 radical (unpaired) electrons. The van der Waals surface area contributed by atoms with Crippen molar-refractivity contribution in [1.29, 1.82) is 0 Å². The Balaban J connectivity index is 1.47. The molecule has 2 bridgehead atoms. The quantitative estimate of drug-likeness (QED) is 0.882. The Labute approximate surface area is 114 Å². The lowest BCUT2D eigenvalue weighted by Crippen LogP contribution is -2.44. The molecule has 2 saturated heterocycles. The van der Waals surface area contributed by atoms with Crippen LogP contribution in [0.25, 0.3) is 0 Å². The van der Waals surface area contributed by atoms with Crippen LogP contribution in [0.5, 0.6) is 5.75 Å². The summed E-state index contributed by atoms with van der Waals surface area (Å²) in [5, 5.41) is 3.75. The van der Waals surface area contributed by atoms with Crippen molar-refractivity contribution in [2.75, 3.05) is 19.0 Å². The van der Waals surface area contributed by atoms with Crippen molar-refractivity contribution in [2.45, 2.75) is 50.2 Å². The fourth-order valence-electron chi connectivity index (χ4n) is 4.04. The molecule has 0 amide bonds. The van der Waals surface area contributed by atoms with E-state index in [-0.39, 0.29) is 0 Å². The van der Waals surface area contributed by atoms with Gasteiger partial charge in [0.15, 0.2) is 0 Å². The van der Waals surface area contributed by atoms with Gasteiger partial charge in [0.1, 0.15) is 5.75 Å². The molecule has 0 aromatic heterocycles. The Kier molecular flexibility index (Phi) is 2.69. The van der Waals surface area contributed by atoms with E-state index in [0.29, 0.717) is 6.04 Å². The Hall–Kier alpha value is -1.22. The number of benzene rings is 1. The van der Waals surface area contributed by atoms with Crippen molar-refractivity contribution in [3.8, 4) is 5.75 Å². The highest BCUT2D eigenvalue weighted by molar-refractivity contribution is 5.53. The van der Waals surface area contributed by atoms with Gasteiger partial charge in [-0.15, -0.1) is 0 Å². The average Bonchev–Trinajstić information content (AvgIpc) is 2.92. The van der Waals surface area contributed by atoms with Gasteiger partial charge in [0.2, 0.25) is 0 Å². The number of fused-ring (bicyclic) bond motifs is 3. The van der Waals surface area contributed by atoms with E-state index in [0.717, 1.165) is 30.9 Å². The number of hydrogen-bond donors (Lipinski definition) is 1. The minimum absolute atomic E-state index is 0.647. The van der Waals surface area contributed by atoms with Crippen LogP contribution < -0.4 is 10.1 Å². The highest BCUT2D eigenvalue weighted by Gasteiger charge is 2.38. The van der Waals surface area contributed by atoms with Gasteiger partial charge in [-0.2, -0.15) is 0 Å². The summed E-state index contributed by atoms with van der Waals surface area (Å²) in [6.45, 7) is 0.844. The van der Waals surface area contributed by atoms with Gasteiger partial charge >= 0.3 is 0 Å². The van der Waals surface area contributed by atoms with E-state index in [2.05, 4.69) is 35.5 Å². The third kappa shape index (κ3) is 2.00. The summed E-state index contributed by atoms with van der Waals surface area (Å²) < 4.78 is 5.57. The molecule has 1 aromatic rings. The van der Waals surface area contributed by atoms with Crippen molar-refractivity contribution in [2.24, 2.45) is 0 Å². The number of nitrogens with zero attached hydrogens (tertiary/aromatic N) is 1. The molecule has 2 fully saturated rings. The van der Waals surface area contributed by atoms with Crippen LogP contribution in [0.1, 0.15) is 31.2 Å². The van der Waals surface area contributed by atoms with Gasteiger partial charge in [-0.3, -0.25) is 0 Å². The molecule has 3 nitrogen and oxygen atoms in total. The topological polar surface area (TPSA) is 24.5 Å². The van der Waals surface area contributed by atoms with E-state index >= 15 is 0 Å². The number of piperidine rings is 1. The monoisotopic (exact) mass is 258 g/mol. The molecule has 2 unspecified atom stereocenters. The van der Waals surface area contributed by atoms with E-state index in [1.165, 1.54) is 36.9 Å². The second-order valence-corrected chi connectivity index (χ2v) is 6.28. The Morgan fingerprint density at radius 2 is 2.00 bits per heavy atom. The molecule has 1 aromatic carbocycles. The van der Waals surface area contributed by atoms with Crippen LogP contribution in [-0.2, 0) is 6.42 Å². The molecule has 4 rings (SSSR count). The van der Waals surface area contributed by atoms with Crippen molar-refractivity contribution in [3.63, 3.8) is 0 Å². The third-order valence-corrected chi connectivity index (χ3v) is 5.16. The molecule has 0 saturated carbocycles. The lowest BCUT2D eigenvalue weighted by molar-refractivity contribution is 0.169. The maximum absolute atomic E-state index is 5.57. The number of ether oxygens (including phenoxy) is 1. The fourth-order valence-corrected chi connectivity index (χ4v) is 4.04. The van der Waals surface area contributed by atoms with Crippen molar-refractivity contribution < 1.29 is 4.74 Å². The maximum Gasteiger partial charge on any atom is 0.122 e. The number of hydrogen-bond acceptors (Lipinski definition) is 3. The number of rotatable bonds is 2. The maximum atomic E-state index is 5.57. The number of anilines is 1. The molecule has 19 heavy (non-hydrogen) atoms. The first-order valence-electron chi connectivity index (χ1n) is 7.54. The Morgan fingerprint density at radius 1 is 1.21 bits per heavy atom. The van der Waals surface area contributed by atoms with Crippen LogP contribution in [0.2, 0.25) is 0 Å². The van der Waals surface area contributed by atoms with E-state index in [1.54, 1.807) is 0 Å². The van der Waals surface area contributed by atoms with Crippen LogP contribution in [0.4, 0.5) is 5.69 Å². The third-order valence-electron chi connectivity index (χ3n) is 5.16. The highest BCUT2D eigenvalue weighted by atomic mass is 16.5. The van der Waals surface area contributed by atoms with E-state index in [9.17, 15) is 0 Å². The van der Waals surface area contributed by atoms with E-state index < -0.39 is 0 Å². The molecule has 3 heterocycles. The predicted octanol–water partition coefficient (Wildman–Crippen LogP) is 2.66. The normalized spacial score (nSPS) is 33.0. The average molecular weight is 258 g/mol. The summed E-state index contributed by atoms with van der Waals surface area (Å²) in [7, 11) is 2.30. The summed E-state index contributed by atoms with van der Waals surface area (Å²) in [6.07, 6.45) is 6.42. The second-order valence-electron chi connectivity index (χ2n) is 6.28. The summed E-state index contributed by atoms with van der Waals surface area (Å²) in [5.74, 6) is 1.08. The van der Waals surface area contributed by atoms with Gasteiger partial charge in [0.05, 0.1) is 6.61 Å². The molecule has 3 aliphatic rings. The summed E-state index contributed by atoms with van der Waals surface area (Å²) in [6, 6.07) is 8.82. The Bertz CT molecular complexity index is 474. The van der Waals surface area contributed by atoms with Gasteiger partial charge in [-0.05, 0) is 56.5 Å². The SMILES string of the molecule is CN1C2CCC1CC(Nc1ccc3c(c1)CCO3)C2. The van der Waals surface area contributed by atoms with Crippen LogP contribution >= 0.6 is 0 Å². The molecule has 3 aliphatic heterocycles. The second kappa shape index (κ2) is 4.41. The minimum Gasteiger partial charge on any atom is -0.493 e. The lowest BCUT2D eigenvalue weighted by atomic mass is 9.97. The molecule has 2 atom stereocenters. The van der Waals surface area contributed by atoms with Gasteiger partial charge < -0.3 is 15.0 Å². The first-order chi connectivity index (χ1) is 9.29. The summed E-state index contributed by atoms with van der Waals surface area (Å²) >= 11 is 0. The van der Waals surface area contributed by atoms with Crippen LogP contribution in [0, 0.1) is 0 Å². The molecule has 1 N–H and O–H groups in total. The molecule has 102 valence electrons. The zero-order valence-corrected chi connectivity index (χ0v) is 11.6. The van der Waals surface area contributed by atoms with Gasteiger partial charge in [0, 0.05) is 30.2 Å².